The number of hydrogen-bond acceptors (Lipinski definition) is 2. The van der Waals surface area contributed by atoms with E-state index in [2.05, 4.69) is 13.0 Å². The van der Waals surface area contributed by atoms with Crippen molar-refractivity contribution in [3.8, 4) is 5.75 Å². The van der Waals surface area contributed by atoms with Gasteiger partial charge >= 0.3 is 5.97 Å². The molecule has 2 rings (SSSR count). The lowest BCUT2D eigenvalue weighted by Gasteiger charge is -2.16. The maximum absolute atomic E-state index is 11.0. The second-order valence-electron chi connectivity index (χ2n) is 3.52. The fraction of sp³-hybridized carbons (Fsp3) is 0.533. The van der Waals surface area contributed by atoms with Gasteiger partial charge in [0.05, 0.1) is 6.42 Å². The Kier molecular flexibility index (Phi) is 7.27. The Morgan fingerprint density at radius 2 is 1.47 bits per heavy atom. The summed E-state index contributed by atoms with van der Waals surface area (Å²) in [6.07, 6.45) is 1.32. The van der Waals surface area contributed by atoms with Crippen LogP contribution in [-0.2, 0) is 11.2 Å². The van der Waals surface area contributed by atoms with Gasteiger partial charge in [0.2, 0.25) is 0 Å². The van der Waals surface area contributed by atoms with Crippen LogP contribution in [0.1, 0.15) is 50.8 Å². The molecule has 1 aromatic rings. The van der Waals surface area contributed by atoms with Crippen molar-refractivity contribution in [1.29, 1.82) is 0 Å². The third-order valence-corrected chi connectivity index (χ3v) is 2.50. The summed E-state index contributed by atoms with van der Waals surface area (Å²) < 4.78 is 5.13. The fourth-order valence-corrected chi connectivity index (χ4v) is 1.55. The molecule has 0 bridgehead atoms. The standard InChI is InChI=1S/C11H12O2.2C2H6/c1-7-5-9-3-4-11(12)13-10(9)6-8(7)2;2*1-2/h5-6H,3-4H2,1-2H3;2*1-2H3. The minimum absolute atomic E-state index is 0.115. The summed E-state index contributed by atoms with van der Waals surface area (Å²) in [5.41, 5.74) is 3.59. The van der Waals surface area contributed by atoms with Crippen molar-refractivity contribution < 1.29 is 9.53 Å². The van der Waals surface area contributed by atoms with E-state index in [4.69, 9.17) is 4.74 Å². The Morgan fingerprint density at radius 1 is 0.941 bits per heavy atom. The molecule has 0 amide bonds. The normalized spacial score (nSPS) is 12.2. The van der Waals surface area contributed by atoms with E-state index in [-0.39, 0.29) is 5.97 Å². The van der Waals surface area contributed by atoms with Gasteiger partial charge in [-0.2, -0.15) is 0 Å². The average Bonchev–Trinajstić information content (AvgIpc) is 2.36. The number of carbonyl (C=O) groups is 1. The summed E-state index contributed by atoms with van der Waals surface area (Å²) in [5.74, 6) is 0.634. The fourth-order valence-electron chi connectivity index (χ4n) is 1.55. The van der Waals surface area contributed by atoms with Crippen LogP contribution < -0.4 is 4.74 Å². The minimum atomic E-state index is -0.115. The van der Waals surface area contributed by atoms with Gasteiger partial charge in [-0.15, -0.1) is 0 Å². The zero-order chi connectivity index (χ0) is 13.4. The molecular formula is C15H24O2. The number of benzene rings is 1. The molecule has 0 aliphatic carbocycles. The van der Waals surface area contributed by atoms with E-state index in [9.17, 15) is 4.79 Å². The Bertz CT molecular complexity index is 367. The zero-order valence-corrected chi connectivity index (χ0v) is 11.9. The van der Waals surface area contributed by atoms with Crippen LogP contribution in [0.3, 0.4) is 0 Å². The van der Waals surface area contributed by atoms with Crippen LogP contribution >= 0.6 is 0 Å². The van der Waals surface area contributed by atoms with Crippen LogP contribution in [0.4, 0.5) is 0 Å². The van der Waals surface area contributed by atoms with Crippen molar-refractivity contribution in [3.05, 3.63) is 28.8 Å². The Balaban J connectivity index is 0.000000581. The molecule has 0 atom stereocenters. The molecule has 0 unspecified atom stereocenters. The van der Waals surface area contributed by atoms with E-state index >= 15 is 0 Å². The minimum Gasteiger partial charge on any atom is -0.426 e. The molecule has 0 fully saturated rings. The molecule has 0 spiro atoms. The van der Waals surface area contributed by atoms with E-state index in [1.807, 2.05) is 40.7 Å². The van der Waals surface area contributed by atoms with E-state index in [0.29, 0.717) is 6.42 Å². The predicted molar refractivity (Wildman–Crippen MR) is 72.6 cm³/mol. The molecule has 1 aromatic carbocycles. The van der Waals surface area contributed by atoms with Crippen LogP contribution in [0, 0.1) is 13.8 Å². The summed E-state index contributed by atoms with van der Waals surface area (Å²) in [7, 11) is 0. The number of aryl methyl sites for hydroxylation is 3. The third kappa shape index (κ3) is 4.22. The van der Waals surface area contributed by atoms with Crippen molar-refractivity contribution in [2.24, 2.45) is 0 Å². The molecule has 17 heavy (non-hydrogen) atoms. The first-order valence-electron chi connectivity index (χ1n) is 6.47. The van der Waals surface area contributed by atoms with E-state index in [1.54, 1.807) is 0 Å². The molecular weight excluding hydrogens is 212 g/mol. The second kappa shape index (κ2) is 7.88. The number of ether oxygens (including phenoxy) is 1. The SMILES string of the molecule is CC.CC.Cc1cc2c(cc1C)OC(=O)CC2. The highest BCUT2D eigenvalue weighted by atomic mass is 16.5. The Labute approximate surface area is 105 Å². The van der Waals surface area contributed by atoms with Crippen LogP contribution in [0.2, 0.25) is 0 Å². The quantitative estimate of drug-likeness (QED) is 0.498. The van der Waals surface area contributed by atoms with Crippen LogP contribution in [0.15, 0.2) is 12.1 Å². The summed E-state index contributed by atoms with van der Waals surface area (Å²) in [6, 6.07) is 4.05. The lowest BCUT2D eigenvalue weighted by atomic mass is 10.0. The highest BCUT2D eigenvalue weighted by molar-refractivity contribution is 5.75. The first-order chi connectivity index (χ1) is 8.16. The summed E-state index contributed by atoms with van der Waals surface area (Å²) in [6.45, 7) is 12.1. The topological polar surface area (TPSA) is 26.3 Å². The smallest absolute Gasteiger partial charge is 0.311 e. The Hall–Kier alpha value is -1.31. The van der Waals surface area contributed by atoms with Crippen LogP contribution in [0.25, 0.3) is 0 Å². The summed E-state index contributed by atoms with van der Waals surface area (Å²) in [4.78, 5) is 11.0. The van der Waals surface area contributed by atoms with E-state index < -0.39 is 0 Å². The monoisotopic (exact) mass is 236 g/mol. The largest absolute Gasteiger partial charge is 0.426 e. The summed E-state index contributed by atoms with van der Waals surface area (Å²) in [5, 5.41) is 0. The van der Waals surface area contributed by atoms with Crippen LogP contribution in [0.5, 0.6) is 5.75 Å². The first-order valence-corrected chi connectivity index (χ1v) is 6.47. The van der Waals surface area contributed by atoms with Gasteiger partial charge in [-0.1, -0.05) is 33.8 Å². The average molecular weight is 236 g/mol. The van der Waals surface area contributed by atoms with Crippen molar-refractivity contribution in [2.45, 2.75) is 54.4 Å². The molecule has 0 N–H and O–H groups in total. The number of fused-ring (bicyclic) bond motifs is 1. The number of rotatable bonds is 0. The van der Waals surface area contributed by atoms with Gasteiger partial charge in [0.25, 0.3) is 0 Å². The summed E-state index contributed by atoms with van der Waals surface area (Å²) >= 11 is 0. The van der Waals surface area contributed by atoms with Gasteiger partial charge in [-0.25, -0.2) is 0 Å². The molecule has 0 radical (unpaired) electrons. The number of carbonyl (C=O) groups excluding carboxylic acids is 1. The second-order valence-corrected chi connectivity index (χ2v) is 3.52. The molecule has 0 saturated heterocycles. The van der Waals surface area contributed by atoms with Crippen molar-refractivity contribution in [1.82, 2.24) is 0 Å². The van der Waals surface area contributed by atoms with Gasteiger partial charge in [0.15, 0.2) is 0 Å². The molecule has 1 aliphatic heterocycles. The van der Waals surface area contributed by atoms with Gasteiger partial charge in [-0.3, -0.25) is 4.79 Å². The van der Waals surface area contributed by atoms with Crippen LogP contribution in [-0.4, -0.2) is 5.97 Å². The highest BCUT2D eigenvalue weighted by Crippen LogP contribution is 2.28. The van der Waals surface area contributed by atoms with Crippen molar-refractivity contribution >= 4 is 5.97 Å². The molecule has 2 heteroatoms. The maximum Gasteiger partial charge on any atom is 0.311 e. The van der Waals surface area contributed by atoms with E-state index in [1.165, 1.54) is 11.1 Å². The molecule has 1 heterocycles. The molecule has 0 saturated carbocycles. The number of hydrogen-bond donors (Lipinski definition) is 0. The Morgan fingerprint density at radius 3 is 2.06 bits per heavy atom. The lowest BCUT2D eigenvalue weighted by Crippen LogP contribution is -2.16. The van der Waals surface area contributed by atoms with Gasteiger partial charge in [0.1, 0.15) is 5.75 Å². The van der Waals surface area contributed by atoms with Crippen molar-refractivity contribution in [2.75, 3.05) is 0 Å². The highest BCUT2D eigenvalue weighted by Gasteiger charge is 2.17. The van der Waals surface area contributed by atoms with E-state index in [0.717, 1.165) is 17.7 Å². The number of esters is 1. The molecule has 2 nitrogen and oxygen atoms in total. The van der Waals surface area contributed by atoms with Gasteiger partial charge < -0.3 is 4.74 Å². The van der Waals surface area contributed by atoms with Gasteiger partial charge in [-0.05, 0) is 43.0 Å². The third-order valence-electron chi connectivity index (χ3n) is 2.50. The lowest BCUT2D eigenvalue weighted by molar-refractivity contribution is -0.135. The first kappa shape index (κ1) is 15.7. The molecule has 1 aliphatic rings. The molecule has 0 aromatic heterocycles. The zero-order valence-electron chi connectivity index (χ0n) is 11.9. The molecule has 96 valence electrons. The van der Waals surface area contributed by atoms with Crippen molar-refractivity contribution in [3.63, 3.8) is 0 Å². The predicted octanol–water partition coefficient (Wildman–Crippen LogP) is 4.21. The van der Waals surface area contributed by atoms with Gasteiger partial charge in [0, 0.05) is 0 Å². The maximum atomic E-state index is 11.0.